The van der Waals surface area contributed by atoms with Crippen molar-refractivity contribution in [1.29, 1.82) is 0 Å². The minimum Gasteiger partial charge on any atom is -0.382 e. The maximum atomic E-state index is 5.77. The molecule has 0 amide bonds. The summed E-state index contributed by atoms with van der Waals surface area (Å²) in [6.07, 6.45) is 10.2. The highest BCUT2D eigenvalue weighted by Gasteiger charge is 2.12. The molecule has 2 rings (SSSR count). The summed E-state index contributed by atoms with van der Waals surface area (Å²) in [5, 5.41) is 3.71. The zero-order valence-corrected chi connectivity index (χ0v) is 10.4. The number of aromatic nitrogens is 4. The van der Waals surface area contributed by atoms with E-state index in [0.717, 1.165) is 5.57 Å². The fraction of sp³-hybridized carbons (Fsp3) is 0.0769. The van der Waals surface area contributed by atoms with Gasteiger partial charge in [-0.1, -0.05) is 36.0 Å². The molecule has 19 heavy (non-hydrogen) atoms. The van der Waals surface area contributed by atoms with Crippen molar-refractivity contribution in [2.45, 2.75) is 6.92 Å². The number of hydrogen-bond donors (Lipinski definition) is 1. The molecule has 2 heterocycles. The van der Waals surface area contributed by atoms with Gasteiger partial charge in [0.2, 0.25) is 12.2 Å². The Morgan fingerprint density at radius 3 is 2.89 bits per heavy atom. The largest absolute Gasteiger partial charge is 0.382 e. The SMILES string of the molecule is C=C/C(=C\C=C/C)c1cnc(N)c(-c2ncon2)n1. The van der Waals surface area contributed by atoms with E-state index in [-0.39, 0.29) is 5.82 Å². The van der Waals surface area contributed by atoms with Crippen LogP contribution in [0.3, 0.4) is 0 Å². The van der Waals surface area contributed by atoms with Crippen LogP contribution in [0.1, 0.15) is 12.6 Å². The van der Waals surface area contributed by atoms with E-state index >= 15 is 0 Å². The van der Waals surface area contributed by atoms with Crippen LogP contribution in [0.4, 0.5) is 5.82 Å². The molecule has 2 N–H and O–H groups in total. The van der Waals surface area contributed by atoms with Crippen LogP contribution in [0.25, 0.3) is 17.1 Å². The Morgan fingerprint density at radius 2 is 2.26 bits per heavy atom. The van der Waals surface area contributed by atoms with Crippen molar-refractivity contribution in [1.82, 2.24) is 20.1 Å². The average Bonchev–Trinajstić information content (AvgIpc) is 2.95. The lowest BCUT2D eigenvalue weighted by Gasteiger charge is -2.04. The van der Waals surface area contributed by atoms with E-state index in [1.54, 1.807) is 12.3 Å². The summed E-state index contributed by atoms with van der Waals surface area (Å²) in [6, 6.07) is 0. The van der Waals surface area contributed by atoms with Crippen LogP contribution in [0, 0.1) is 0 Å². The van der Waals surface area contributed by atoms with E-state index in [1.165, 1.54) is 6.39 Å². The minimum atomic E-state index is 0.250. The van der Waals surface area contributed by atoms with Crippen LogP contribution in [0.2, 0.25) is 0 Å². The molecular weight excluding hydrogens is 242 g/mol. The van der Waals surface area contributed by atoms with Gasteiger partial charge in [0.1, 0.15) is 0 Å². The molecule has 0 radical (unpaired) electrons. The molecule has 6 heteroatoms. The Morgan fingerprint density at radius 1 is 1.42 bits per heavy atom. The predicted molar refractivity (Wildman–Crippen MR) is 72.7 cm³/mol. The van der Waals surface area contributed by atoms with Crippen molar-refractivity contribution in [2.24, 2.45) is 0 Å². The maximum absolute atomic E-state index is 5.77. The van der Waals surface area contributed by atoms with Gasteiger partial charge in [-0.2, -0.15) is 4.98 Å². The van der Waals surface area contributed by atoms with Crippen molar-refractivity contribution < 1.29 is 4.52 Å². The first-order valence-corrected chi connectivity index (χ1v) is 5.61. The monoisotopic (exact) mass is 255 g/mol. The zero-order valence-electron chi connectivity index (χ0n) is 10.4. The summed E-state index contributed by atoms with van der Waals surface area (Å²) >= 11 is 0. The first kappa shape index (κ1) is 12.7. The van der Waals surface area contributed by atoms with E-state index in [2.05, 4.69) is 31.2 Å². The quantitative estimate of drug-likeness (QED) is 0.842. The first-order chi connectivity index (χ1) is 9.26. The predicted octanol–water partition coefficient (Wildman–Crippen LogP) is 2.25. The van der Waals surface area contributed by atoms with Crippen molar-refractivity contribution in [3.8, 4) is 11.5 Å². The molecule has 0 fully saturated rings. The molecule has 0 aromatic carbocycles. The number of rotatable bonds is 4. The van der Waals surface area contributed by atoms with Gasteiger partial charge in [0.05, 0.1) is 11.9 Å². The normalized spacial score (nSPS) is 11.9. The van der Waals surface area contributed by atoms with Gasteiger partial charge in [-0.15, -0.1) is 0 Å². The second-order valence-electron chi connectivity index (χ2n) is 3.60. The number of anilines is 1. The van der Waals surface area contributed by atoms with Gasteiger partial charge in [0.15, 0.2) is 11.5 Å². The van der Waals surface area contributed by atoms with Crippen LogP contribution in [0.5, 0.6) is 0 Å². The molecule has 2 aromatic rings. The first-order valence-electron chi connectivity index (χ1n) is 5.61. The minimum absolute atomic E-state index is 0.250. The summed E-state index contributed by atoms with van der Waals surface area (Å²) in [5.74, 6) is 0.556. The Hall–Kier alpha value is -2.76. The molecular formula is C13H13N5O. The van der Waals surface area contributed by atoms with Gasteiger partial charge in [0.25, 0.3) is 0 Å². The molecule has 0 saturated carbocycles. The van der Waals surface area contributed by atoms with E-state index in [4.69, 9.17) is 5.73 Å². The Labute approximate surface area is 110 Å². The second kappa shape index (κ2) is 5.72. The van der Waals surface area contributed by atoms with Gasteiger partial charge in [-0.3, -0.25) is 0 Å². The van der Waals surface area contributed by atoms with Gasteiger partial charge < -0.3 is 10.3 Å². The molecule has 0 saturated heterocycles. The molecule has 0 aliphatic heterocycles. The van der Waals surface area contributed by atoms with Gasteiger partial charge in [-0.05, 0) is 6.92 Å². The third-order valence-electron chi connectivity index (χ3n) is 2.36. The zero-order chi connectivity index (χ0) is 13.7. The number of nitrogens with zero attached hydrogens (tertiary/aromatic N) is 4. The van der Waals surface area contributed by atoms with Crippen LogP contribution >= 0.6 is 0 Å². The number of nitrogens with two attached hydrogens (primary N) is 1. The van der Waals surface area contributed by atoms with E-state index in [0.29, 0.717) is 17.2 Å². The molecule has 0 unspecified atom stereocenters. The average molecular weight is 255 g/mol. The van der Waals surface area contributed by atoms with Crippen LogP contribution in [-0.4, -0.2) is 20.1 Å². The molecule has 2 aromatic heterocycles. The third kappa shape index (κ3) is 2.74. The summed E-state index contributed by atoms with van der Waals surface area (Å²) in [7, 11) is 0. The lowest BCUT2D eigenvalue weighted by Crippen LogP contribution is -2.01. The summed E-state index contributed by atoms with van der Waals surface area (Å²) in [5.41, 5.74) is 7.63. The van der Waals surface area contributed by atoms with E-state index in [1.807, 2.05) is 25.2 Å². The Kier molecular flexibility index (Phi) is 3.82. The van der Waals surface area contributed by atoms with Crippen LogP contribution in [-0.2, 0) is 0 Å². The number of hydrogen-bond acceptors (Lipinski definition) is 6. The van der Waals surface area contributed by atoms with Gasteiger partial charge in [-0.25, -0.2) is 9.97 Å². The molecule has 0 atom stereocenters. The molecule has 0 aliphatic rings. The lowest BCUT2D eigenvalue weighted by molar-refractivity contribution is 0.418. The third-order valence-corrected chi connectivity index (χ3v) is 2.36. The van der Waals surface area contributed by atoms with Gasteiger partial charge in [0, 0.05) is 5.57 Å². The fourth-order valence-electron chi connectivity index (χ4n) is 1.43. The molecule has 6 nitrogen and oxygen atoms in total. The molecule has 0 bridgehead atoms. The maximum Gasteiger partial charge on any atom is 0.224 e. The lowest BCUT2D eigenvalue weighted by atomic mass is 10.1. The summed E-state index contributed by atoms with van der Waals surface area (Å²) in [6.45, 7) is 5.68. The molecule has 0 spiro atoms. The van der Waals surface area contributed by atoms with E-state index in [9.17, 15) is 0 Å². The highest BCUT2D eigenvalue weighted by molar-refractivity contribution is 5.74. The highest BCUT2D eigenvalue weighted by Crippen LogP contribution is 2.21. The fourth-order valence-corrected chi connectivity index (χ4v) is 1.43. The number of nitrogen functional groups attached to an aromatic ring is 1. The highest BCUT2D eigenvalue weighted by atomic mass is 16.5. The summed E-state index contributed by atoms with van der Waals surface area (Å²) in [4.78, 5) is 12.4. The van der Waals surface area contributed by atoms with E-state index < -0.39 is 0 Å². The molecule has 0 aliphatic carbocycles. The topological polar surface area (TPSA) is 90.7 Å². The summed E-state index contributed by atoms with van der Waals surface area (Å²) < 4.78 is 4.69. The van der Waals surface area contributed by atoms with Crippen molar-refractivity contribution in [3.63, 3.8) is 0 Å². The van der Waals surface area contributed by atoms with Crippen molar-refractivity contribution in [2.75, 3.05) is 5.73 Å². The Bertz CT molecular complexity index is 628. The van der Waals surface area contributed by atoms with Crippen LogP contribution in [0.15, 0.2) is 48.0 Å². The van der Waals surface area contributed by atoms with Gasteiger partial charge >= 0.3 is 0 Å². The molecule has 96 valence electrons. The van der Waals surface area contributed by atoms with Crippen LogP contribution < -0.4 is 5.73 Å². The Balaban J connectivity index is 2.49. The standard InChI is InChI=1S/C13H13N5O/c1-3-5-6-9(4-2)10-7-15-12(14)11(17-10)13-16-8-19-18-13/h3-8H,2H2,1H3,(H2,14,15)/b5-3-,9-6+. The number of allylic oxidation sites excluding steroid dienone is 5. The second-order valence-corrected chi connectivity index (χ2v) is 3.60. The smallest absolute Gasteiger partial charge is 0.224 e. The van der Waals surface area contributed by atoms with Crippen molar-refractivity contribution >= 4 is 11.4 Å². The van der Waals surface area contributed by atoms with Crippen molar-refractivity contribution in [3.05, 3.63) is 49.2 Å².